The van der Waals surface area contributed by atoms with Gasteiger partial charge in [0, 0.05) is 0 Å². The number of thioether (sulfide) groups is 1. The molecule has 5 nitrogen and oxygen atoms in total. The van der Waals surface area contributed by atoms with E-state index >= 15 is 0 Å². The van der Waals surface area contributed by atoms with Crippen LogP contribution in [0.25, 0.3) is 16.8 Å². The molecule has 4 aromatic rings. The van der Waals surface area contributed by atoms with Gasteiger partial charge in [-0.3, -0.25) is 4.79 Å². The van der Waals surface area contributed by atoms with Crippen molar-refractivity contribution in [2.45, 2.75) is 19.0 Å². The van der Waals surface area contributed by atoms with Crippen LogP contribution in [0, 0.1) is 5.82 Å². The van der Waals surface area contributed by atoms with Crippen LogP contribution in [0.1, 0.15) is 18.1 Å². The number of carbonyl (C=O) groups excluding carboxylic acids is 1. The van der Waals surface area contributed by atoms with E-state index in [0.29, 0.717) is 35.3 Å². The number of anilines is 1. The second-order valence-electron chi connectivity index (χ2n) is 8.17. The van der Waals surface area contributed by atoms with Gasteiger partial charge in [0.05, 0.1) is 17.2 Å². The van der Waals surface area contributed by atoms with Gasteiger partial charge in [0.2, 0.25) is 0 Å². The monoisotopic (exact) mass is 500 g/mol. The molecule has 5 rings (SSSR count). The Balaban J connectivity index is 1.32. The molecule has 4 aromatic carbocycles. The molecule has 1 saturated heterocycles. The highest BCUT2D eigenvalue weighted by Crippen LogP contribution is 2.34. The number of carbonyl (C=O) groups is 1. The molecule has 1 aliphatic rings. The molecule has 7 heteroatoms. The summed E-state index contributed by atoms with van der Waals surface area (Å²) in [6, 6.07) is 26.4. The molecule has 1 fully saturated rings. The lowest BCUT2D eigenvalue weighted by Gasteiger charge is -2.14. The standard InChI is InChI=1S/C29H25FN2O3S/c1-2-34-26-16-19(17-27-28(33)32-29(36-27)31-24-13-6-5-12-23(24)30)14-15-25(26)35-18-21-10-7-9-20-8-3-4-11-22(20)21/h3-17,29,31H,2,18H2,1H3,(H,32,33)/b27-17-. The minimum atomic E-state index is -0.463. The zero-order valence-corrected chi connectivity index (χ0v) is 20.5. The Morgan fingerprint density at radius 1 is 0.972 bits per heavy atom. The minimum absolute atomic E-state index is 0.219. The number of amides is 1. The fourth-order valence-corrected chi connectivity index (χ4v) is 4.99. The first kappa shape index (κ1) is 23.8. The summed E-state index contributed by atoms with van der Waals surface area (Å²) in [5, 5.41) is 8.16. The Hall–Kier alpha value is -3.97. The minimum Gasteiger partial charge on any atom is -0.490 e. The van der Waals surface area contributed by atoms with Crippen molar-refractivity contribution in [3.05, 3.63) is 107 Å². The van der Waals surface area contributed by atoms with Gasteiger partial charge < -0.3 is 20.1 Å². The number of ether oxygens (including phenoxy) is 2. The summed E-state index contributed by atoms with van der Waals surface area (Å²) in [6.07, 6.45) is 1.79. The van der Waals surface area contributed by atoms with E-state index in [0.717, 1.165) is 16.5 Å². The van der Waals surface area contributed by atoms with Crippen LogP contribution in [-0.2, 0) is 11.4 Å². The molecule has 0 aliphatic carbocycles. The zero-order chi connectivity index (χ0) is 24.9. The summed E-state index contributed by atoms with van der Waals surface area (Å²) < 4.78 is 26.0. The molecule has 0 radical (unpaired) electrons. The van der Waals surface area contributed by atoms with Crippen LogP contribution in [0.15, 0.2) is 89.8 Å². The molecule has 1 amide bonds. The van der Waals surface area contributed by atoms with E-state index < -0.39 is 5.50 Å². The highest BCUT2D eigenvalue weighted by molar-refractivity contribution is 8.05. The molecule has 2 N–H and O–H groups in total. The summed E-state index contributed by atoms with van der Waals surface area (Å²) in [5.74, 6) is 0.652. The fraction of sp³-hybridized carbons (Fsp3) is 0.138. The lowest BCUT2D eigenvalue weighted by atomic mass is 10.1. The number of rotatable bonds is 8. The summed E-state index contributed by atoms with van der Waals surface area (Å²) in [4.78, 5) is 13.0. The number of para-hydroxylation sites is 1. The number of halogens is 1. The smallest absolute Gasteiger partial charge is 0.260 e. The van der Waals surface area contributed by atoms with Crippen LogP contribution in [-0.4, -0.2) is 18.0 Å². The Labute approximate surface area is 213 Å². The van der Waals surface area contributed by atoms with Crippen molar-refractivity contribution >= 4 is 40.2 Å². The maximum atomic E-state index is 14.0. The lowest BCUT2D eigenvalue weighted by molar-refractivity contribution is -0.116. The number of benzene rings is 4. The first-order valence-corrected chi connectivity index (χ1v) is 12.6. The third kappa shape index (κ3) is 5.31. The van der Waals surface area contributed by atoms with Gasteiger partial charge in [-0.15, -0.1) is 0 Å². The first-order valence-electron chi connectivity index (χ1n) is 11.7. The zero-order valence-electron chi connectivity index (χ0n) is 19.7. The average Bonchev–Trinajstić information content (AvgIpc) is 3.23. The molecule has 0 spiro atoms. The third-order valence-corrected chi connectivity index (χ3v) is 6.75. The van der Waals surface area contributed by atoms with Crippen molar-refractivity contribution in [1.82, 2.24) is 5.32 Å². The quantitative estimate of drug-likeness (QED) is 0.269. The van der Waals surface area contributed by atoms with Crippen molar-refractivity contribution in [3.63, 3.8) is 0 Å². The van der Waals surface area contributed by atoms with Gasteiger partial charge in [-0.1, -0.05) is 72.4 Å². The molecule has 1 heterocycles. The van der Waals surface area contributed by atoms with Crippen molar-refractivity contribution in [1.29, 1.82) is 0 Å². The predicted octanol–water partition coefficient (Wildman–Crippen LogP) is 6.56. The Bertz CT molecular complexity index is 1430. The highest BCUT2D eigenvalue weighted by atomic mass is 32.2. The van der Waals surface area contributed by atoms with Crippen molar-refractivity contribution in [2.24, 2.45) is 0 Å². The first-order chi connectivity index (χ1) is 17.6. The number of fused-ring (bicyclic) bond motifs is 1. The predicted molar refractivity (Wildman–Crippen MR) is 143 cm³/mol. The van der Waals surface area contributed by atoms with Crippen LogP contribution in [0.4, 0.5) is 10.1 Å². The van der Waals surface area contributed by atoms with E-state index in [1.165, 1.54) is 23.2 Å². The van der Waals surface area contributed by atoms with E-state index in [1.54, 1.807) is 24.3 Å². The van der Waals surface area contributed by atoms with E-state index in [9.17, 15) is 9.18 Å². The number of nitrogens with one attached hydrogen (secondary N) is 2. The van der Waals surface area contributed by atoms with E-state index in [-0.39, 0.29) is 11.7 Å². The molecule has 0 saturated carbocycles. The van der Waals surface area contributed by atoms with Gasteiger partial charge in [0.1, 0.15) is 12.4 Å². The van der Waals surface area contributed by atoms with E-state index in [4.69, 9.17) is 9.47 Å². The summed E-state index contributed by atoms with van der Waals surface area (Å²) in [6.45, 7) is 2.80. The van der Waals surface area contributed by atoms with Crippen molar-refractivity contribution < 1.29 is 18.7 Å². The summed E-state index contributed by atoms with van der Waals surface area (Å²) in [5.41, 5.74) is 1.77. The maximum Gasteiger partial charge on any atom is 0.260 e. The summed E-state index contributed by atoms with van der Waals surface area (Å²) in [7, 11) is 0. The van der Waals surface area contributed by atoms with Crippen molar-refractivity contribution in [3.8, 4) is 11.5 Å². The second-order valence-corrected chi connectivity index (χ2v) is 9.32. The fourth-order valence-electron chi connectivity index (χ4n) is 4.01. The Kier molecular flexibility index (Phi) is 7.09. The molecular weight excluding hydrogens is 475 g/mol. The highest BCUT2D eigenvalue weighted by Gasteiger charge is 2.27. The molecule has 1 aliphatic heterocycles. The maximum absolute atomic E-state index is 14.0. The Morgan fingerprint density at radius 2 is 1.78 bits per heavy atom. The molecule has 36 heavy (non-hydrogen) atoms. The van der Waals surface area contributed by atoms with Gasteiger partial charge in [-0.25, -0.2) is 4.39 Å². The third-order valence-electron chi connectivity index (χ3n) is 5.72. The SMILES string of the molecule is CCOc1cc(/C=C2\SC(Nc3ccccc3F)NC2=O)ccc1OCc1cccc2ccccc12. The molecule has 182 valence electrons. The van der Waals surface area contributed by atoms with Crippen LogP contribution in [0.3, 0.4) is 0 Å². The van der Waals surface area contributed by atoms with Crippen LogP contribution in [0.5, 0.6) is 11.5 Å². The molecular formula is C29H25FN2O3S. The number of hydrogen-bond acceptors (Lipinski definition) is 5. The topological polar surface area (TPSA) is 59.6 Å². The molecule has 1 atom stereocenters. The van der Waals surface area contributed by atoms with Crippen molar-refractivity contribution in [2.75, 3.05) is 11.9 Å². The molecule has 0 bridgehead atoms. The van der Waals surface area contributed by atoms with E-state index in [2.05, 4.69) is 34.9 Å². The second kappa shape index (κ2) is 10.7. The Morgan fingerprint density at radius 3 is 2.64 bits per heavy atom. The van der Waals surface area contributed by atoms with Gasteiger partial charge in [-0.05, 0) is 59.2 Å². The molecule has 1 unspecified atom stereocenters. The largest absolute Gasteiger partial charge is 0.490 e. The van der Waals surface area contributed by atoms with Crippen LogP contribution in [0.2, 0.25) is 0 Å². The van der Waals surface area contributed by atoms with Crippen LogP contribution < -0.4 is 20.1 Å². The van der Waals surface area contributed by atoms with Gasteiger partial charge >= 0.3 is 0 Å². The average molecular weight is 501 g/mol. The lowest BCUT2D eigenvalue weighted by Crippen LogP contribution is -2.31. The van der Waals surface area contributed by atoms with Gasteiger partial charge in [-0.2, -0.15) is 0 Å². The van der Waals surface area contributed by atoms with Gasteiger partial charge in [0.15, 0.2) is 17.0 Å². The molecule has 0 aromatic heterocycles. The number of hydrogen-bond donors (Lipinski definition) is 2. The summed E-state index contributed by atoms with van der Waals surface area (Å²) >= 11 is 1.30. The van der Waals surface area contributed by atoms with Gasteiger partial charge in [0.25, 0.3) is 5.91 Å². The van der Waals surface area contributed by atoms with Crippen LogP contribution >= 0.6 is 11.8 Å². The van der Waals surface area contributed by atoms with E-state index in [1.807, 2.05) is 43.3 Å². The normalized spacial score (nSPS) is 16.2.